The predicted octanol–water partition coefficient (Wildman–Crippen LogP) is 1.46. The average molecular weight is 282 g/mol. The van der Waals surface area contributed by atoms with Crippen LogP contribution in [-0.2, 0) is 11.3 Å². The summed E-state index contributed by atoms with van der Waals surface area (Å²) in [5.41, 5.74) is 1.08. The average Bonchev–Trinajstić information content (AvgIpc) is 2.41. The van der Waals surface area contributed by atoms with Crippen molar-refractivity contribution in [2.75, 3.05) is 47.0 Å². The van der Waals surface area contributed by atoms with Gasteiger partial charge in [0.1, 0.15) is 0 Å². The van der Waals surface area contributed by atoms with Gasteiger partial charge in [-0.15, -0.1) is 0 Å². The SMILES string of the molecule is CCOc1cc(CNCCOCCN(C)C)ccc1O. The minimum atomic E-state index is 0.183. The summed E-state index contributed by atoms with van der Waals surface area (Å²) in [7, 11) is 4.06. The van der Waals surface area contributed by atoms with Crippen LogP contribution in [-0.4, -0.2) is 57.0 Å². The third kappa shape index (κ3) is 6.75. The van der Waals surface area contributed by atoms with E-state index in [4.69, 9.17) is 9.47 Å². The maximum absolute atomic E-state index is 9.61. The Bertz CT molecular complexity index is 383. The maximum atomic E-state index is 9.61. The molecule has 0 aromatic heterocycles. The molecule has 114 valence electrons. The van der Waals surface area contributed by atoms with E-state index in [0.717, 1.165) is 31.8 Å². The molecule has 0 radical (unpaired) electrons. The standard InChI is InChI=1S/C15H26N2O3/c1-4-20-15-11-13(5-6-14(15)18)12-16-7-9-19-10-8-17(2)3/h5-6,11,16,18H,4,7-10,12H2,1-3H3. The first-order valence-corrected chi connectivity index (χ1v) is 7.01. The zero-order valence-electron chi connectivity index (χ0n) is 12.7. The number of ether oxygens (including phenoxy) is 2. The molecule has 0 atom stereocenters. The lowest BCUT2D eigenvalue weighted by molar-refractivity contribution is 0.119. The maximum Gasteiger partial charge on any atom is 0.161 e. The quantitative estimate of drug-likeness (QED) is 0.636. The Balaban J connectivity index is 2.20. The summed E-state index contributed by atoms with van der Waals surface area (Å²) >= 11 is 0. The summed E-state index contributed by atoms with van der Waals surface area (Å²) in [4.78, 5) is 2.10. The number of phenolic OH excluding ortho intramolecular Hbond substituents is 1. The molecule has 0 saturated heterocycles. The number of rotatable bonds is 10. The van der Waals surface area contributed by atoms with E-state index in [1.807, 2.05) is 33.2 Å². The third-order valence-electron chi connectivity index (χ3n) is 2.76. The van der Waals surface area contributed by atoms with Gasteiger partial charge < -0.3 is 24.8 Å². The van der Waals surface area contributed by atoms with Gasteiger partial charge in [0.15, 0.2) is 11.5 Å². The predicted molar refractivity (Wildman–Crippen MR) is 80.4 cm³/mol. The van der Waals surface area contributed by atoms with Crippen molar-refractivity contribution in [3.63, 3.8) is 0 Å². The van der Waals surface area contributed by atoms with Crippen molar-refractivity contribution in [1.29, 1.82) is 0 Å². The first kappa shape index (κ1) is 16.8. The summed E-state index contributed by atoms with van der Waals surface area (Å²) in [5, 5.41) is 12.9. The van der Waals surface area contributed by atoms with E-state index in [1.165, 1.54) is 0 Å². The molecule has 0 heterocycles. The van der Waals surface area contributed by atoms with Crippen LogP contribution in [0.5, 0.6) is 11.5 Å². The largest absolute Gasteiger partial charge is 0.504 e. The van der Waals surface area contributed by atoms with Crippen molar-refractivity contribution in [3.8, 4) is 11.5 Å². The van der Waals surface area contributed by atoms with Crippen LogP contribution in [0.25, 0.3) is 0 Å². The molecule has 0 saturated carbocycles. The zero-order valence-corrected chi connectivity index (χ0v) is 12.7. The summed E-state index contributed by atoms with van der Waals surface area (Å²) < 4.78 is 10.8. The highest BCUT2D eigenvalue weighted by Crippen LogP contribution is 2.26. The number of nitrogens with zero attached hydrogens (tertiary/aromatic N) is 1. The van der Waals surface area contributed by atoms with E-state index in [0.29, 0.717) is 19.0 Å². The molecule has 0 spiro atoms. The number of hydrogen-bond donors (Lipinski definition) is 2. The van der Waals surface area contributed by atoms with Gasteiger partial charge in [0, 0.05) is 19.6 Å². The van der Waals surface area contributed by atoms with Gasteiger partial charge in [-0.1, -0.05) is 6.07 Å². The fourth-order valence-electron chi connectivity index (χ4n) is 1.67. The number of likely N-dealkylation sites (N-methyl/N-ethyl adjacent to an activating group) is 1. The summed E-state index contributed by atoms with van der Waals surface area (Å²) in [6.45, 7) is 6.37. The van der Waals surface area contributed by atoms with E-state index < -0.39 is 0 Å². The molecule has 0 aliphatic carbocycles. The second-order valence-electron chi connectivity index (χ2n) is 4.83. The Morgan fingerprint density at radius 3 is 2.75 bits per heavy atom. The minimum absolute atomic E-state index is 0.183. The molecule has 5 heteroatoms. The van der Waals surface area contributed by atoms with Crippen molar-refractivity contribution in [2.45, 2.75) is 13.5 Å². The Morgan fingerprint density at radius 1 is 1.25 bits per heavy atom. The van der Waals surface area contributed by atoms with Gasteiger partial charge in [-0.2, -0.15) is 0 Å². The third-order valence-corrected chi connectivity index (χ3v) is 2.76. The number of aromatic hydroxyl groups is 1. The Kier molecular flexibility index (Phi) is 8.02. The molecule has 0 bridgehead atoms. The molecule has 1 rings (SSSR count). The Hall–Kier alpha value is -1.30. The van der Waals surface area contributed by atoms with E-state index in [9.17, 15) is 5.11 Å². The number of nitrogens with one attached hydrogen (secondary N) is 1. The first-order chi connectivity index (χ1) is 9.63. The highest BCUT2D eigenvalue weighted by Gasteiger charge is 2.03. The minimum Gasteiger partial charge on any atom is -0.504 e. The van der Waals surface area contributed by atoms with Crippen LogP contribution in [0.1, 0.15) is 12.5 Å². The van der Waals surface area contributed by atoms with Gasteiger partial charge in [-0.25, -0.2) is 0 Å². The molecular weight excluding hydrogens is 256 g/mol. The molecular formula is C15H26N2O3. The lowest BCUT2D eigenvalue weighted by Gasteiger charge is -2.11. The summed E-state index contributed by atoms with van der Waals surface area (Å²) in [6.07, 6.45) is 0. The molecule has 0 aliphatic rings. The smallest absolute Gasteiger partial charge is 0.161 e. The zero-order chi connectivity index (χ0) is 14.8. The number of phenols is 1. The number of hydrogen-bond acceptors (Lipinski definition) is 5. The monoisotopic (exact) mass is 282 g/mol. The molecule has 0 fully saturated rings. The van der Waals surface area contributed by atoms with Crippen LogP contribution < -0.4 is 10.1 Å². The van der Waals surface area contributed by atoms with Gasteiger partial charge in [0.2, 0.25) is 0 Å². The molecule has 1 aromatic rings. The molecule has 0 amide bonds. The van der Waals surface area contributed by atoms with Crippen molar-refractivity contribution < 1.29 is 14.6 Å². The molecule has 1 aromatic carbocycles. The van der Waals surface area contributed by atoms with Crippen LogP contribution in [0.2, 0.25) is 0 Å². The lowest BCUT2D eigenvalue weighted by atomic mass is 10.2. The first-order valence-electron chi connectivity index (χ1n) is 7.01. The highest BCUT2D eigenvalue weighted by molar-refractivity contribution is 5.41. The lowest BCUT2D eigenvalue weighted by Crippen LogP contribution is -2.23. The molecule has 2 N–H and O–H groups in total. The van der Waals surface area contributed by atoms with Crippen molar-refractivity contribution in [2.24, 2.45) is 0 Å². The van der Waals surface area contributed by atoms with Crippen LogP contribution in [0, 0.1) is 0 Å². The molecule has 0 unspecified atom stereocenters. The Labute approximate surface area is 121 Å². The Morgan fingerprint density at radius 2 is 2.05 bits per heavy atom. The highest BCUT2D eigenvalue weighted by atomic mass is 16.5. The van der Waals surface area contributed by atoms with Crippen LogP contribution in [0.3, 0.4) is 0 Å². The van der Waals surface area contributed by atoms with Gasteiger partial charge in [0.25, 0.3) is 0 Å². The fourth-order valence-corrected chi connectivity index (χ4v) is 1.67. The molecule has 0 aliphatic heterocycles. The normalized spacial score (nSPS) is 11.0. The summed E-state index contributed by atoms with van der Waals surface area (Å²) in [6, 6.07) is 5.41. The van der Waals surface area contributed by atoms with Crippen LogP contribution in [0.4, 0.5) is 0 Å². The topological polar surface area (TPSA) is 54.0 Å². The van der Waals surface area contributed by atoms with Gasteiger partial charge in [-0.05, 0) is 38.7 Å². The van der Waals surface area contributed by atoms with E-state index in [2.05, 4.69) is 10.2 Å². The molecule has 20 heavy (non-hydrogen) atoms. The second-order valence-corrected chi connectivity index (χ2v) is 4.83. The second kappa shape index (κ2) is 9.58. The molecule has 5 nitrogen and oxygen atoms in total. The van der Waals surface area contributed by atoms with Gasteiger partial charge >= 0.3 is 0 Å². The van der Waals surface area contributed by atoms with Crippen molar-refractivity contribution in [1.82, 2.24) is 10.2 Å². The van der Waals surface area contributed by atoms with E-state index in [1.54, 1.807) is 6.07 Å². The number of benzene rings is 1. The fraction of sp³-hybridized carbons (Fsp3) is 0.600. The van der Waals surface area contributed by atoms with Crippen molar-refractivity contribution in [3.05, 3.63) is 23.8 Å². The van der Waals surface area contributed by atoms with Gasteiger partial charge in [-0.3, -0.25) is 0 Å². The summed E-state index contributed by atoms with van der Waals surface area (Å²) in [5.74, 6) is 0.719. The van der Waals surface area contributed by atoms with Gasteiger partial charge in [0.05, 0.1) is 19.8 Å². The van der Waals surface area contributed by atoms with E-state index >= 15 is 0 Å². The van der Waals surface area contributed by atoms with Crippen molar-refractivity contribution >= 4 is 0 Å². The van der Waals surface area contributed by atoms with Crippen LogP contribution in [0.15, 0.2) is 18.2 Å². The van der Waals surface area contributed by atoms with E-state index in [-0.39, 0.29) is 5.75 Å². The van der Waals surface area contributed by atoms with Crippen LogP contribution >= 0.6 is 0 Å².